The molecule has 0 bridgehead atoms. The Morgan fingerprint density at radius 3 is 2.95 bits per heavy atom. The number of pyridine rings is 1. The van der Waals surface area contributed by atoms with Gasteiger partial charge in [0.1, 0.15) is 5.56 Å². The zero-order valence-corrected chi connectivity index (χ0v) is 11.8. The van der Waals surface area contributed by atoms with Crippen LogP contribution in [0.25, 0.3) is 0 Å². The Balaban J connectivity index is 1.82. The molecule has 1 aromatic heterocycles. The van der Waals surface area contributed by atoms with Crippen molar-refractivity contribution in [1.29, 1.82) is 0 Å². The molecule has 1 unspecified atom stereocenters. The minimum absolute atomic E-state index is 0.0613. The lowest BCUT2D eigenvalue weighted by molar-refractivity contribution is 0.0935. The topological polar surface area (TPSA) is 88.0 Å². The van der Waals surface area contributed by atoms with Gasteiger partial charge in [-0.25, -0.2) is 0 Å². The van der Waals surface area contributed by atoms with E-state index in [2.05, 4.69) is 10.3 Å². The number of hydrogen-bond acceptors (Lipinski definition) is 3. The number of nitrogen functional groups attached to an aromatic ring is 1. The Morgan fingerprint density at radius 1 is 1.38 bits per heavy atom. The molecule has 108 valence electrons. The smallest absolute Gasteiger partial charge is 0.257 e. The van der Waals surface area contributed by atoms with E-state index in [1.165, 1.54) is 12.3 Å². The van der Waals surface area contributed by atoms with Crippen LogP contribution in [0, 0.1) is 6.92 Å². The monoisotopic (exact) mass is 283 g/mol. The molecule has 5 nitrogen and oxygen atoms in total. The largest absolute Gasteiger partial charge is 0.399 e. The van der Waals surface area contributed by atoms with E-state index in [-0.39, 0.29) is 22.9 Å². The molecule has 1 heterocycles. The molecule has 0 spiro atoms. The van der Waals surface area contributed by atoms with Gasteiger partial charge in [0.25, 0.3) is 5.91 Å². The summed E-state index contributed by atoms with van der Waals surface area (Å²) in [4.78, 5) is 27.0. The Hall–Kier alpha value is -2.56. The standard InChI is InChI=1S/C16H17N3O2/c1-9-6-15(20)13(8-18-9)16(21)19-14-5-2-10-7-11(17)3-4-12(10)14/h3-4,6-8,14H,2,5,17H2,1H3,(H,18,20)(H,19,21). The molecule has 0 saturated heterocycles. The molecule has 1 aliphatic rings. The number of hydrogen-bond donors (Lipinski definition) is 3. The number of aromatic nitrogens is 1. The fraction of sp³-hybridized carbons (Fsp3) is 0.250. The number of benzene rings is 1. The summed E-state index contributed by atoms with van der Waals surface area (Å²) in [5.74, 6) is -0.342. The third kappa shape index (κ3) is 2.54. The molecule has 0 saturated carbocycles. The predicted octanol–water partition coefficient (Wildman–Crippen LogP) is 1.68. The quantitative estimate of drug-likeness (QED) is 0.733. The molecule has 3 rings (SSSR count). The van der Waals surface area contributed by atoms with Gasteiger partial charge in [0.2, 0.25) is 0 Å². The van der Waals surface area contributed by atoms with Crippen LogP contribution in [0.3, 0.4) is 0 Å². The van der Waals surface area contributed by atoms with Gasteiger partial charge in [-0.1, -0.05) is 6.07 Å². The van der Waals surface area contributed by atoms with Crippen LogP contribution < -0.4 is 16.5 Å². The zero-order valence-electron chi connectivity index (χ0n) is 11.8. The summed E-state index contributed by atoms with van der Waals surface area (Å²) >= 11 is 0. The number of H-pyrrole nitrogens is 1. The van der Waals surface area contributed by atoms with E-state index in [0.717, 1.165) is 35.3 Å². The van der Waals surface area contributed by atoms with E-state index in [1.54, 1.807) is 6.92 Å². The van der Waals surface area contributed by atoms with Crippen LogP contribution in [0.1, 0.15) is 39.6 Å². The number of nitrogens with one attached hydrogen (secondary N) is 2. The Morgan fingerprint density at radius 2 is 2.19 bits per heavy atom. The van der Waals surface area contributed by atoms with Crippen LogP contribution in [0.4, 0.5) is 5.69 Å². The van der Waals surface area contributed by atoms with Gasteiger partial charge in [0.15, 0.2) is 5.43 Å². The molecule has 0 aliphatic heterocycles. The third-order valence-corrected chi connectivity index (χ3v) is 3.85. The number of carbonyl (C=O) groups is 1. The highest BCUT2D eigenvalue weighted by molar-refractivity contribution is 5.94. The summed E-state index contributed by atoms with van der Waals surface area (Å²) < 4.78 is 0. The van der Waals surface area contributed by atoms with E-state index in [0.29, 0.717) is 0 Å². The first kappa shape index (κ1) is 13.4. The maximum absolute atomic E-state index is 12.3. The molecular formula is C16H17N3O2. The highest BCUT2D eigenvalue weighted by atomic mass is 16.2. The second kappa shape index (κ2) is 5.09. The molecule has 5 heteroatoms. The van der Waals surface area contributed by atoms with E-state index < -0.39 is 0 Å². The van der Waals surface area contributed by atoms with Crippen molar-refractivity contribution in [3.8, 4) is 0 Å². The molecular weight excluding hydrogens is 266 g/mol. The number of fused-ring (bicyclic) bond motifs is 1. The Bertz CT molecular complexity index is 764. The molecule has 1 aliphatic carbocycles. The molecule has 1 amide bonds. The number of carbonyl (C=O) groups excluding carboxylic acids is 1. The van der Waals surface area contributed by atoms with Gasteiger partial charge in [0, 0.05) is 23.6 Å². The van der Waals surface area contributed by atoms with Crippen molar-refractivity contribution in [1.82, 2.24) is 10.3 Å². The summed E-state index contributed by atoms with van der Waals surface area (Å²) in [5.41, 5.74) is 9.36. The number of anilines is 1. The lowest BCUT2D eigenvalue weighted by atomic mass is 10.1. The van der Waals surface area contributed by atoms with Crippen molar-refractivity contribution in [2.45, 2.75) is 25.8 Å². The summed E-state index contributed by atoms with van der Waals surface area (Å²) in [6, 6.07) is 7.09. The van der Waals surface area contributed by atoms with Crippen LogP contribution >= 0.6 is 0 Å². The van der Waals surface area contributed by atoms with Crippen molar-refractivity contribution in [2.24, 2.45) is 0 Å². The second-order valence-corrected chi connectivity index (χ2v) is 5.42. The summed E-state index contributed by atoms with van der Waals surface area (Å²) in [6.45, 7) is 1.78. The predicted molar refractivity (Wildman–Crippen MR) is 81.2 cm³/mol. The number of rotatable bonds is 2. The highest BCUT2D eigenvalue weighted by Crippen LogP contribution is 2.32. The average molecular weight is 283 g/mol. The van der Waals surface area contributed by atoms with Crippen molar-refractivity contribution < 1.29 is 4.79 Å². The van der Waals surface area contributed by atoms with Crippen LogP contribution in [0.15, 0.2) is 35.3 Å². The minimum atomic E-state index is -0.342. The summed E-state index contributed by atoms with van der Waals surface area (Å²) in [7, 11) is 0. The second-order valence-electron chi connectivity index (χ2n) is 5.42. The fourth-order valence-electron chi connectivity index (χ4n) is 2.77. The zero-order chi connectivity index (χ0) is 15.0. The first-order chi connectivity index (χ1) is 10.0. The average Bonchev–Trinajstić information content (AvgIpc) is 2.80. The maximum Gasteiger partial charge on any atom is 0.257 e. The molecule has 21 heavy (non-hydrogen) atoms. The SMILES string of the molecule is Cc1cc(=O)c(C(=O)NC2CCc3cc(N)ccc32)c[nH]1. The molecule has 0 fully saturated rings. The van der Waals surface area contributed by atoms with Crippen molar-refractivity contribution in [3.63, 3.8) is 0 Å². The van der Waals surface area contributed by atoms with E-state index in [9.17, 15) is 9.59 Å². The molecule has 2 aromatic rings. The minimum Gasteiger partial charge on any atom is -0.399 e. The Labute approximate surface area is 122 Å². The van der Waals surface area contributed by atoms with Gasteiger partial charge >= 0.3 is 0 Å². The maximum atomic E-state index is 12.3. The van der Waals surface area contributed by atoms with Crippen molar-refractivity contribution in [2.75, 3.05) is 5.73 Å². The molecule has 4 N–H and O–H groups in total. The van der Waals surface area contributed by atoms with Gasteiger partial charge in [-0.05, 0) is 43.0 Å². The van der Waals surface area contributed by atoms with Gasteiger partial charge < -0.3 is 16.0 Å². The first-order valence-corrected chi connectivity index (χ1v) is 6.93. The number of amides is 1. The van der Waals surface area contributed by atoms with E-state index in [4.69, 9.17) is 5.73 Å². The summed E-state index contributed by atoms with van der Waals surface area (Å²) in [5, 5.41) is 2.93. The third-order valence-electron chi connectivity index (χ3n) is 3.85. The highest BCUT2D eigenvalue weighted by Gasteiger charge is 2.25. The van der Waals surface area contributed by atoms with Gasteiger partial charge in [-0.15, -0.1) is 0 Å². The van der Waals surface area contributed by atoms with Crippen LogP contribution in [0.5, 0.6) is 0 Å². The van der Waals surface area contributed by atoms with E-state index in [1.807, 2.05) is 18.2 Å². The molecule has 0 radical (unpaired) electrons. The normalized spacial score (nSPS) is 16.5. The van der Waals surface area contributed by atoms with Gasteiger partial charge in [-0.3, -0.25) is 9.59 Å². The van der Waals surface area contributed by atoms with Crippen molar-refractivity contribution >= 4 is 11.6 Å². The molecule has 1 atom stereocenters. The number of nitrogens with two attached hydrogens (primary N) is 1. The summed E-state index contributed by atoms with van der Waals surface area (Å²) in [6.07, 6.45) is 3.18. The number of aryl methyl sites for hydroxylation is 2. The fourth-order valence-corrected chi connectivity index (χ4v) is 2.77. The van der Waals surface area contributed by atoms with E-state index >= 15 is 0 Å². The van der Waals surface area contributed by atoms with Crippen molar-refractivity contribution in [3.05, 3.63) is 63.1 Å². The van der Waals surface area contributed by atoms with Gasteiger partial charge in [0.05, 0.1) is 6.04 Å². The van der Waals surface area contributed by atoms with Gasteiger partial charge in [-0.2, -0.15) is 0 Å². The van der Waals surface area contributed by atoms with Crippen LogP contribution in [-0.2, 0) is 6.42 Å². The lowest BCUT2D eigenvalue weighted by Crippen LogP contribution is -2.31. The van der Waals surface area contributed by atoms with Crippen LogP contribution in [-0.4, -0.2) is 10.9 Å². The molecule has 1 aromatic carbocycles. The lowest BCUT2D eigenvalue weighted by Gasteiger charge is -2.14. The van der Waals surface area contributed by atoms with Crippen LogP contribution in [0.2, 0.25) is 0 Å². The first-order valence-electron chi connectivity index (χ1n) is 6.93. The number of aromatic amines is 1. The Kier molecular flexibility index (Phi) is 3.25.